The van der Waals surface area contributed by atoms with Crippen LogP contribution < -0.4 is 15.2 Å². The van der Waals surface area contributed by atoms with Crippen LogP contribution in [0.5, 0.6) is 17.2 Å². The van der Waals surface area contributed by atoms with Crippen molar-refractivity contribution < 1.29 is 9.47 Å². The lowest BCUT2D eigenvalue weighted by Crippen LogP contribution is -2.21. The lowest BCUT2D eigenvalue weighted by atomic mass is 10.0. The zero-order chi connectivity index (χ0) is 15.1. The van der Waals surface area contributed by atoms with Crippen LogP contribution in [0.15, 0.2) is 48.5 Å². The molecule has 21 heavy (non-hydrogen) atoms. The van der Waals surface area contributed by atoms with Crippen molar-refractivity contribution in [3.63, 3.8) is 0 Å². The lowest BCUT2D eigenvalue weighted by molar-refractivity contribution is 0.321. The van der Waals surface area contributed by atoms with Crippen molar-refractivity contribution in [1.29, 1.82) is 0 Å². The number of rotatable bonds is 7. The summed E-state index contributed by atoms with van der Waals surface area (Å²) < 4.78 is 11.7. The predicted octanol–water partition coefficient (Wildman–Crippen LogP) is 4.16. The smallest absolute Gasteiger partial charge is 0.169 e. The van der Waals surface area contributed by atoms with Crippen LogP contribution in [0.1, 0.15) is 25.8 Å². The molecule has 2 aromatic carbocycles. The number of ether oxygens (including phenoxy) is 2. The van der Waals surface area contributed by atoms with E-state index in [1.54, 1.807) is 0 Å². The Morgan fingerprint density at radius 2 is 1.52 bits per heavy atom. The first kappa shape index (κ1) is 15.4. The first-order chi connectivity index (χ1) is 10.2. The molecule has 2 N–H and O–H groups in total. The highest BCUT2D eigenvalue weighted by Crippen LogP contribution is 2.33. The monoisotopic (exact) mass is 285 g/mol. The van der Waals surface area contributed by atoms with Crippen molar-refractivity contribution in [3.8, 4) is 17.2 Å². The van der Waals surface area contributed by atoms with Gasteiger partial charge in [0, 0.05) is 6.04 Å². The molecule has 1 unspecified atom stereocenters. The average Bonchev–Trinajstić information content (AvgIpc) is 2.51. The van der Waals surface area contributed by atoms with Crippen molar-refractivity contribution in [2.45, 2.75) is 32.7 Å². The highest BCUT2D eigenvalue weighted by Gasteiger charge is 2.10. The van der Waals surface area contributed by atoms with Gasteiger partial charge in [-0.05, 0) is 43.5 Å². The number of nitrogens with two attached hydrogens (primary N) is 1. The molecular weight excluding hydrogens is 262 g/mol. The van der Waals surface area contributed by atoms with Gasteiger partial charge in [0.15, 0.2) is 11.5 Å². The molecule has 0 amide bonds. The lowest BCUT2D eigenvalue weighted by Gasteiger charge is -2.16. The van der Waals surface area contributed by atoms with Crippen LogP contribution in [0.3, 0.4) is 0 Å². The SMILES string of the molecule is CCOc1ccccc1Oc1ccccc1CC(N)CC. The van der Waals surface area contributed by atoms with Gasteiger partial charge in [-0.1, -0.05) is 37.3 Å². The van der Waals surface area contributed by atoms with E-state index in [-0.39, 0.29) is 6.04 Å². The third-order valence-electron chi connectivity index (χ3n) is 3.35. The summed E-state index contributed by atoms with van der Waals surface area (Å²) in [5.41, 5.74) is 7.19. The van der Waals surface area contributed by atoms with Crippen LogP contribution in [0.2, 0.25) is 0 Å². The van der Waals surface area contributed by atoms with Crippen molar-refractivity contribution in [3.05, 3.63) is 54.1 Å². The number of hydrogen-bond donors (Lipinski definition) is 1. The number of hydrogen-bond acceptors (Lipinski definition) is 3. The van der Waals surface area contributed by atoms with Crippen LogP contribution in [-0.2, 0) is 6.42 Å². The summed E-state index contributed by atoms with van der Waals surface area (Å²) in [6.07, 6.45) is 1.76. The molecule has 0 radical (unpaired) electrons. The zero-order valence-electron chi connectivity index (χ0n) is 12.7. The predicted molar refractivity (Wildman–Crippen MR) is 86.1 cm³/mol. The summed E-state index contributed by atoms with van der Waals surface area (Å²) in [5, 5.41) is 0. The standard InChI is InChI=1S/C18H23NO2/c1-3-15(19)13-14-9-5-6-10-16(14)21-18-12-8-7-11-17(18)20-4-2/h5-12,15H,3-4,13,19H2,1-2H3. The molecule has 0 spiro atoms. The van der Waals surface area contributed by atoms with E-state index in [1.165, 1.54) is 0 Å². The Labute approximate surface area is 126 Å². The Balaban J connectivity index is 2.23. The van der Waals surface area contributed by atoms with Gasteiger partial charge in [-0.2, -0.15) is 0 Å². The van der Waals surface area contributed by atoms with Gasteiger partial charge >= 0.3 is 0 Å². The van der Waals surface area contributed by atoms with E-state index >= 15 is 0 Å². The molecule has 3 heteroatoms. The fourth-order valence-corrected chi connectivity index (χ4v) is 2.13. The minimum Gasteiger partial charge on any atom is -0.490 e. The van der Waals surface area contributed by atoms with E-state index in [0.29, 0.717) is 6.61 Å². The number of para-hydroxylation sites is 3. The van der Waals surface area contributed by atoms with E-state index < -0.39 is 0 Å². The molecule has 2 aromatic rings. The minimum atomic E-state index is 0.150. The van der Waals surface area contributed by atoms with Crippen molar-refractivity contribution in [2.24, 2.45) is 5.73 Å². The Morgan fingerprint density at radius 1 is 0.905 bits per heavy atom. The van der Waals surface area contributed by atoms with E-state index in [1.807, 2.05) is 49.4 Å². The normalized spacial score (nSPS) is 12.0. The molecule has 0 saturated heterocycles. The minimum absolute atomic E-state index is 0.150. The summed E-state index contributed by atoms with van der Waals surface area (Å²) in [6.45, 7) is 4.67. The van der Waals surface area contributed by atoms with Gasteiger partial charge in [-0.25, -0.2) is 0 Å². The maximum absolute atomic E-state index is 6.06. The van der Waals surface area contributed by atoms with Gasteiger partial charge in [0.25, 0.3) is 0 Å². The van der Waals surface area contributed by atoms with Gasteiger partial charge in [0.05, 0.1) is 6.61 Å². The average molecular weight is 285 g/mol. The second kappa shape index (κ2) is 7.70. The second-order valence-corrected chi connectivity index (χ2v) is 4.96. The van der Waals surface area contributed by atoms with Gasteiger partial charge in [-0.3, -0.25) is 0 Å². The molecule has 3 nitrogen and oxygen atoms in total. The van der Waals surface area contributed by atoms with Gasteiger partial charge in [0.2, 0.25) is 0 Å². The van der Waals surface area contributed by atoms with E-state index in [0.717, 1.165) is 35.7 Å². The van der Waals surface area contributed by atoms with Gasteiger partial charge < -0.3 is 15.2 Å². The second-order valence-electron chi connectivity index (χ2n) is 4.96. The van der Waals surface area contributed by atoms with Gasteiger partial charge in [-0.15, -0.1) is 0 Å². The first-order valence-electron chi connectivity index (χ1n) is 7.47. The molecule has 0 aliphatic carbocycles. The Morgan fingerprint density at radius 3 is 2.19 bits per heavy atom. The Kier molecular flexibility index (Phi) is 5.64. The molecule has 0 heterocycles. The van der Waals surface area contributed by atoms with Crippen LogP contribution >= 0.6 is 0 Å². The highest BCUT2D eigenvalue weighted by atomic mass is 16.5. The molecule has 112 valence electrons. The molecule has 2 rings (SSSR count). The van der Waals surface area contributed by atoms with Crippen LogP contribution in [-0.4, -0.2) is 12.6 Å². The topological polar surface area (TPSA) is 44.5 Å². The highest BCUT2D eigenvalue weighted by molar-refractivity contribution is 5.45. The molecule has 0 aliphatic rings. The Bertz CT molecular complexity index is 569. The molecule has 0 bridgehead atoms. The molecule has 0 aliphatic heterocycles. The quantitative estimate of drug-likeness (QED) is 0.831. The summed E-state index contributed by atoms with van der Waals surface area (Å²) in [6, 6.07) is 15.9. The maximum atomic E-state index is 6.06. The summed E-state index contributed by atoms with van der Waals surface area (Å²) in [7, 11) is 0. The molecule has 0 fully saturated rings. The summed E-state index contributed by atoms with van der Waals surface area (Å²) >= 11 is 0. The first-order valence-corrected chi connectivity index (χ1v) is 7.47. The summed E-state index contributed by atoms with van der Waals surface area (Å²) in [4.78, 5) is 0. The third kappa shape index (κ3) is 4.23. The van der Waals surface area contributed by atoms with E-state index in [2.05, 4.69) is 13.0 Å². The van der Waals surface area contributed by atoms with Crippen LogP contribution in [0.25, 0.3) is 0 Å². The van der Waals surface area contributed by atoms with Crippen LogP contribution in [0.4, 0.5) is 0 Å². The number of benzene rings is 2. The molecule has 0 aromatic heterocycles. The van der Waals surface area contributed by atoms with Crippen LogP contribution in [0, 0.1) is 0 Å². The van der Waals surface area contributed by atoms with Gasteiger partial charge in [0.1, 0.15) is 5.75 Å². The van der Waals surface area contributed by atoms with E-state index in [4.69, 9.17) is 15.2 Å². The van der Waals surface area contributed by atoms with Crippen molar-refractivity contribution in [2.75, 3.05) is 6.61 Å². The zero-order valence-corrected chi connectivity index (χ0v) is 12.7. The fraction of sp³-hybridized carbons (Fsp3) is 0.333. The third-order valence-corrected chi connectivity index (χ3v) is 3.35. The summed E-state index contributed by atoms with van der Waals surface area (Å²) in [5.74, 6) is 2.33. The largest absolute Gasteiger partial charge is 0.490 e. The van der Waals surface area contributed by atoms with Crippen molar-refractivity contribution in [1.82, 2.24) is 0 Å². The van der Waals surface area contributed by atoms with E-state index in [9.17, 15) is 0 Å². The van der Waals surface area contributed by atoms with Crippen molar-refractivity contribution >= 4 is 0 Å². The maximum Gasteiger partial charge on any atom is 0.169 e. The molecule has 1 atom stereocenters. The Hall–Kier alpha value is -2.00. The molecular formula is C18H23NO2. The molecule has 0 saturated carbocycles. The fourth-order valence-electron chi connectivity index (χ4n) is 2.13.